The molecule has 0 bridgehead atoms. The Hall–Kier alpha value is -1.28. The summed E-state index contributed by atoms with van der Waals surface area (Å²) in [5.41, 5.74) is 6.70. The summed E-state index contributed by atoms with van der Waals surface area (Å²) in [5.74, 6) is 0.863. The van der Waals surface area contributed by atoms with Crippen LogP contribution < -0.4 is 10.5 Å². The molecule has 2 nitrogen and oxygen atoms in total. The highest BCUT2D eigenvalue weighted by molar-refractivity contribution is 5.30. The fraction of sp³-hybridized carbons (Fsp3) is 0.385. The van der Waals surface area contributed by atoms with Crippen molar-refractivity contribution >= 4 is 0 Å². The van der Waals surface area contributed by atoms with Crippen molar-refractivity contribution < 1.29 is 4.74 Å². The molecule has 0 aromatic heterocycles. The van der Waals surface area contributed by atoms with Gasteiger partial charge in [0.25, 0.3) is 0 Å². The summed E-state index contributed by atoms with van der Waals surface area (Å²) in [7, 11) is 0. The van der Waals surface area contributed by atoms with Gasteiger partial charge >= 0.3 is 0 Å². The topological polar surface area (TPSA) is 35.2 Å². The van der Waals surface area contributed by atoms with Gasteiger partial charge in [0.2, 0.25) is 0 Å². The van der Waals surface area contributed by atoms with Crippen molar-refractivity contribution in [3.8, 4) is 5.75 Å². The van der Waals surface area contributed by atoms with Crippen molar-refractivity contribution in [2.45, 2.75) is 32.4 Å². The highest BCUT2D eigenvalue weighted by Crippen LogP contribution is 2.20. The Morgan fingerprint density at radius 2 is 1.80 bits per heavy atom. The highest BCUT2D eigenvalue weighted by atomic mass is 16.5. The molecule has 1 unspecified atom stereocenters. The third-order valence-electron chi connectivity index (χ3n) is 1.94. The molecular formula is C13H19NO. The molecule has 1 atom stereocenters. The lowest BCUT2D eigenvalue weighted by Gasteiger charge is -2.21. The molecule has 0 aliphatic carbocycles. The van der Waals surface area contributed by atoms with Crippen LogP contribution in [0.3, 0.4) is 0 Å². The summed E-state index contributed by atoms with van der Waals surface area (Å²) in [6, 6.07) is 7.70. The molecule has 0 saturated heterocycles. The standard InChI is InChI=1S/C13H19NO/c1-5-12(14)10-6-8-11(9-7-10)15-13(2,3)4/h5-9,12H,1,14H2,2-4H3. The summed E-state index contributed by atoms with van der Waals surface area (Å²) >= 11 is 0. The van der Waals surface area contributed by atoms with Crippen LogP contribution >= 0.6 is 0 Å². The van der Waals surface area contributed by atoms with Crippen molar-refractivity contribution in [2.24, 2.45) is 5.73 Å². The summed E-state index contributed by atoms with van der Waals surface area (Å²) in [5, 5.41) is 0. The molecule has 0 fully saturated rings. The fourth-order valence-electron chi connectivity index (χ4n) is 1.25. The zero-order valence-electron chi connectivity index (χ0n) is 9.66. The molecule has 2 heteroatoms. The molecule has 2 N–H and O–H groups in total. The summed E-state index contributed by atoms with van der Waals surface area (Å²) in [6.07, 6.45) is 1.72. The van der Waals surface area contributed by atoms with Crippen molar-refractivity contribution in [3.63, 3.8) is 0 Å². The Bertz CT molecular complexity index is 321. The van der Waals surface area contributed by atoms with Crippen molar-refractivity contribution in [2.75, 3.05) is 0 Å². The Kier molecular flexibility index (Phi) is 3.53. The van der Waals surface area contributed by atoms with Gasteiger partial charge in [-0.25, -0.2) is 0 Å². The van der Waals surface area contributed by atoms with Crippen molar-refractivity contribution in [1.29, 1.82) is 0 Å². The number of nitrogens with two attached hydrogens (primary N) is 1. The normalized spacial score (nSPS) is 13.3. The Morgan fingerprint density at radius 1 is 1.27 bits per heavy atom. The first-order chi connectivity index (χ1) is 6.92. The van der Waals surface area contributed by atoms with E-state index in [0.29, 0.717) is 0 Å². The van der Waals surface area contributed by atoms with Gasteiger partial charge in [-0.2, -0.15) is 0 Å². The van der Waals surface area contributed by atoms with E-state index in [1.807, 2.05) is 45.0 Å². The Morgan fingerprint density at radius 3 is 2.20 bits per heavy atom. The van der Waals surface area contributed by atoms with Crippen LogP contribution in [-0.4, -0.2) is 5.60 Å². The van der Waals surface area contributed by atoms with Gasteiger partial charge in [0.15, 0.2) is 0 Å². The van der Waals surface area contributed by atoms with E-state index in [1.54, 1.807) is 6.08 Å². The third-order valence-corrected chi connectivity index (χ3v) is 1.94. The molecule has 15 heavy (non-hydrogen) atoms. The Labute approximate surface area is 91.7 Å². The van der Waals surface area contributed by atoms with E-state index < -0.39 is 0 Å². The van der Waals surface area contributed by atoms with Gasteiger partial charge in [-0.05, 0) is 38.5 Å². The first-order valence-electron chi connectivity index (χ1n) is 5.09. The first-order valence-corrected chi connectivity index (χ1v) is 5.09. The van der Waals surface area contributed by atoms with Crippen LogP contribution in [0, 0.1) is 0 Å². The molecule has 0 spiro atoms. The van der Waals surface area contributed by atoms with Gasteiger partial charge in [-0.1, -0.05) is 18.2 Å². The molecule has 1 aromatic rings. The molecule has 82 valence electrons. The maximum absolute atomic E-state index is 5.81. The monoisotopic (exact) mass is 205 g/mol. The second-order valence-electron chi connectivity index (χ2n) is 4.54. The number of rotatable bonds is 3. The zero-order valence-corrected chi connectivity index (χ0v) is 9.66. The maximum Gasteiger partial charge on any atom is 0.120 e. The average molecular weight is 205 g/mol. The number of hydrogen-bond donors (Lipinski definition) is 1. The van der Waals surface area contributed by atoms with E-state index in [-0.39, 0.29) is 11.6 Å². The lowest BCUT2D eigenvalue weighted by atomic mass is 10.1. The second-order valence-corrected chi connectivity index (χ2v) is 4.54. The van der Waals surface area contributed by atoms with E-state index in [2.05, 4.69) is 6.58 Å². The van der Waals surface area contributed by atoms with Crippen LogP contribution in [-0.2, 0) is 0 Å². The predicted molar refractivity (Wildman–Crippen MR) is 63.9 cm³/mol. The van der Waals surface area contributed by atoms with E-state index in [9.17, 15) is 0 Å². The van der Waals surface area contributed by atoms with Crippen LogP contribution in [0.4, 0.5) is 0 Å². The minimum Gasteiger partial charge on any atom is -0.488 e. The minimum absolute atomic E-state index is 0.103. The quantitative estimate of drug-likeness (QED) is 0.770. The number of ether oxygens (including phenoxy) is 1. The van der Waals surface area contributed by atoms with Gasteiger partial charge in [-0.15, -0.1) is 6.58 Å². The zero-order chi connectivity index (χ0) is 11.5. The van der Waals surface area contributed by atoms with Gasteiger partial charge in [0, 0.05) is 6.04 Å². The van der Waals surface area contributed by atoms with Crippen LogP contribution in [0.5, 0.6) is 5.75 Å². The Balaban J connectivity index is 2.77. The third kappa shape index (κ3) is 3.76. The van der Waals surface area contributed by atoms with E-state index >= 15 is 0 Å². The van der Waals surface area contributed by atoms with Crippen LogP contribution in [0.1, 0.15) is 32.4 Å². The molecule has 1 rings (SSSR count). The van der Waals surface area contributed by atoms with Gasteiger partial charge in [0.05, 0.1) is 0 Å². The van der Waals surface area contributed by atoms with Crippen LogP contribution in [0.2, 0.25) is 0 Å². The molecule has 1 aromatic carbocycles. The van der Waals surface area contributed by atoms with Crippen LogP contribution in [0.25, 0.3) is 0 Å². The highest BCUT2D eigenvalue weighted by Gasteiger charge is 2.11. The average Bonchev–Trinajstić information content (AvgIpc) is 2.15. The van der Waals surface area contributed by atoms with E-state index in [4.69, 9.17) is 10.5 Å². The molecule has 0 saturated carbocycles. The minimum atomic E-state index is -0.165. The summed E-state index contributed by atoms with van der Waals surface area (Å²) in [4.78, 5) is 0. The second kappa shape index (κ2) is 4.49. The molecule has 0 amide bonds. The van der Waals surface area contributed by atoms with Crippen molar-refractivity contribution in [3.05, 3.63) is 42.5 Å². The number of hydrogen-bond acceptors (Lipinski definition) is 2. The first kappa shape index (κ1) is 11.8. The molecular weight excluding hydrogens is 186 g/mol. The summed E-state index contributed by atoms with van der Waals surface area (Å²) < 4.78 is 5.70. The van der Waals surface area contributed by atoms with Gasteiger partial charge in [0.1, 0.15) is 11.4 Å². The fourth-order valence-corrected chi connectivity index (χ4v) is 1.25. The summed E-state index contributed by atoms with van der Waals surface area (Å²) in [6.45, 7) is 9.74. The number of benzene rings is 1. The van der Waals surface area contributed by atoms with Crippen LogP contribution in [0.15, 0.2) is 36.9 Å². The van der Waals surface area contributed by atoms with Gasteiger partial charge < -0.3 is 10.5 Å². The van der Waals surface area contributed by atoms with E-state index in [1.165, 1.54) is 0 Å². The van der Waals surface area contributed by atoms with E-state index in [0.717, 1.165) is 11.3 Å². The molecule has 0 aliphatic heterocycles. The SMILES string of the molecule is C=CC(N)c1ccc(OC(C)(C)C)cc1. The largest absolute Gasteiger partial charge is 0.488 e. The van der Waals surface area contributed by atoms with Crippen molar-refractivity contribution in [1.82, 2.24) is 0 Å². The maximum atomic E-state index is 5.81. The van der Waals surface area contributed by atoms with Gasteiger partial charge in [-0.3, -0.25) is 0 Å². The predicted octanol–water partition coefficient (Wildman–Crippen LogP) is 3.05. The molecule has 0 heterocycles. The lowest BCUT2D eigenvalue weighted by molar-refractivity contribution is 0.131. The smallest absolute Gasteiger partial charge is 0.120 e. The molecule has 0 aliphatic rings. The lowest BCUT2D eigenvalue weighted by Crippen LogP contribution is -2.22. The molecule has 0 radical (unpaired) electrons.